The average molecular weight is 423 g/mol. The lowest BCUT2D eigenvalue weighted by Crippen LogP contribution is -2.35. The molecule has 0 spiro atoms. The molecule has 3 rings (SSSR count). The standard InChI is InChI=1S/C26H34N2O3/c1-6-27-23(9-7-8-19-12-16-22(31-5)17-13-19)24(29)28(25(27)30)18-20-10-14-21(15-11-20)26(2,3)4/h10-17,23H,6-9,18H2,1-5H3. The Morgan fingerprint density at radius 3 is 2.10 bits per heavy atom. The van der Waals surface area contributed by atoms with Gasteiger partial charge in [-0.2, -0.15) is 0 Å². The number of likely N-dealkylation sites (N-methyl/N-ethyl adjacent to an activating group) is 1. The van der Waals surface area contributed by atoms with Crippen LogP contribution in [0.15, 0.2) is 48.5 Å². The maximum Gasteiger partial charge on any atom is 0.327 e. The first-order valence-corrected chi connectivity index (χ1v) is 11.1. The molecule has 2 aromatic rings. The van der Waals surface area contributed by atoms with Crippen molar-refractivity contribution in [2.24, 2.45) is 0 Å². The topological polar surface area (TPSA) is 49.9 Å². The van der Waals surface area contributed by atoms with E-state index in [4.69, 9.17) is 4.74 Å². The van der Waals surface area contributed by atoms with Crippen LogP contribution in [0.3, 0.4) is 0 Å². The van der Waals surface area contributed by atoms with E-state index in [-0.39, 0.29) is 23.4 Å². The summed E-state index contributed by atoms with van der Waals surface area (Å²) in [4.78, 5) is 29.1. The fourth-order valence-electron chi connectivity index (χ4n) is 4.06. The first-order valence-electron chi connectivity index (χ1n) is 11.1. The van der Waals surface area contributed by atoms with E-state index in [0.29, 0.717) is 19.5 Å². The molecule has 1 saturated heterocycles. The van der Waals surface area contributed by atoms with Gasteiger partial charge < -0.3 is 9.64 Å². The van der Waals surface area contributed by atoms with Crippen LogP contribution in [0, 0.1) is 0 Å². The van der Waals surface area contributed by atoms with Crippen molar-refractivity contribution in [2.75, 3.05) is 13.7 Å². The van der Waals surface area contributed by atoms with Gasteiger partial charge in [-0.25, -0.2) is 4.79 Å². The van der Waals surface area contributed by atoms with Gasteiger partial charge in [0.1, 0.15) is 11.8 Å². The quantitative estimate of drug-likeness (QED) is 0.552. The van der Waals surface area contributed by atoms with Crippen molar-refractivity contribution < 1.29 is 14.3 Å². The van der Waals surface area contributed by atoms with Gasteiger partial charge in [0.05, 0.1) is 13.7 Å². The van der Waals surface area contributed by atoms with Gasteiger partial charge in [-0.1, -0.05) is 57.2 Å². The summed E-state index contributed by atoms with van der Waals surface area (Å²) in [5.74, 6) is 0.755. The summed E-state index contributed by atoms with van der Waals surface area (Å²) < 4.78 is 5.20. The first kappa shape index (κ1) is 22.9. The van der Waals surface area contributed by atoms with E-state index in [1.165, 1.54) is 16.0 Å². The lowest BCUT2D eigenvalue weighted by molar-refractivity contribution is -0.128. The van der Waals surface area contributed by atoms with Crippen molar-refractivity contribution >= 4 is 11.9 Å². The van der Waals surface area contributed by atoms with Crippen LogP contribution in [0.4, 0.5) is 4.79 Å². The van der Waals surface area contributed by atoms with Gasteiger partial charge >= 0.3 is 6.03 Å². The smallest absolute Gasteiger partial charge is 0.327 e. The molecule has 0 aliphatic carbocycles. The molecular weight excluding hydrogens is 388 g/mol. The summed E-state index contributed by atoms with van der Waals surface area (Å²) >= 11 is 0. The molecule has 3 amide bonds. The molecule has 2 aromatic carbocycles. The van der Waals surface area contributed by atoms with Crippen LogP contribution in [-0.2, 0) is 23.2 Å². The summed E-state index contributed by atoms with van der Waals surface area (Å²) in [5, 5.41) is 0. The van der Waals surface area contributed by atoms with Gasteiger partial charge in [-0.3, -0.25) is 9.69 Å². The van der Waals surface area contributed by atoms with E-state index < -0.39 is 0 Å². The molecular formula is C26H34N2O3. The number of imide groups is 1. The molecule has 5 nitrogen and oxygen atoms in total. The molecule has 31 heavy (non-hydrogen) atoms. The largest absolute Gasteiger partial charge is 0.497 e. The van der Waals surface area contributed by atoms with E-state index in [9.17, 15) is 9.59 Å². The minimum Gasteiger partial charge on any atom is -0.497 e. The molecule has 1 fully saturated rings. The van der Waals surface area contributed by atoms with Gasteiger partial charge in [0.25, 0.3) is 5.91 Å². The van der Waals surface area contributed by atoms with Gasteiger partial charge in [0.2, 0.25) is 0 Å². The van der Waals surface area contributed by atoms with E-state index in [1.54, 1.807) is 12.0 Å². The maximum absolute atomic E-state index is 13.1. The minimum atomic E-state index is -0.371. The number of nitrogens with zero attached hydrogens (tertiary/aromatic N) is 2. The summed E-state index contributed by atoms with van der Waals surface area (Å²) in [6.45, 7) is 9.32. The van der Waals surface area contributed by atoms with Crippen LogP contribution in [0.1, 0.15) is 57.2 Å². The zero-order valence-corrected chi connectivity index (χ0v) is 19.4. The van der Waals surface area contributed by atoms with Crippen LogP contribution in [-0.4, -0.2) is 41.4 Å². The molecule has 0 bridgehead atoms. The zero-order valence-electron chi connectivity index (χ0n) is 19.4. The number of carbonyl (C=O) groups excluding carboxylic acids is 2. The predicted molar refractivity (Wildman–Crippen MR) is 123 cm³/mol. The van der Waals surface area contributed by atoms with E-state index in [1.807, 2.05) is 43.3 Å². The highest BCUT2D eigenvalue weighted by molar-refractivity contribution is 6.04. The third-order valence-electron chi connectivity index (χ3n) is 6.01. The van der Waals surface area contributed by atoms with Crippen molar-refractivity contribution in [3.63, 3.8) is 0 Å². The number of methoxy groups -OCH3 is 1. The number of urea groups is 1. The molecule has 1 aliphatic heterocycles. The van der Waals surface area contributed by atoms with E-state index in [2.05, 4.69) is 32.9 Å². The fourth-order valence-corrected chi connectivity index (χ4v) is 4.06. The number of benzene rings is 2. The lowest BCUT2D eigenvalue weighted by atomic mass is 9.87. The molecule has 0 saturated carbocycles. The number of ether oxygens (including phenoxy) is 1. The Balaban J connectivity index is 1.63. The molecule has 0 radical (unpaired) electrons. The second kappa shape index (κ2) is 9.54. The third kappa shape index (κ3) is 5.27. The minimum absolute atomic E-state index is 0.0752. The fraction of sp³-hybridized carbons (Fsp3) is 0.462. The molecule has 0 N–H and O–H groups in total. The van der Waals surface area contributed by atoms with Crippen molar-refractivity contribution in [3.05, 3.63) is 65.2 Å². The number of amides is 3. The van der Waals surface area contributed by atoms with Crippen LogP contribution in [0.25, 0.3) is 0 Å². The van der Waals surface area contributed by atoms with E-state index >= 15 is 0 Å². The second-order valence-electron chi connectivity index (χ2n) is 9.20. The van der Waals surface area contributed by atoms with Gasteiger partial charge in [0.15, 0.2) is 0 Å². The van der Waals surface area contributed by atoms with Crippen LogP contribution < -0.4 is 4.74 Å². The summed E-state index contributed by atoms with van der Waals surface area (Å²) in [5.41, 5.74) is 3.49. The Bertz CT molecular complexity index is 898. The Hall–Kier alpha value is -2.82. The predicted octanol–water partition coefficient (Wildman–Crippen LogP) is 5.17. The summed E-state index contributed by atoms with van der Waals surface area (Å²) in [6.07, 6.45) is 2.39. The number of carbonyl (C=O) groups is 2. The van der Waals surface area contributed by atoms with Crippen LogP contribution in [0.5, 0.6) is 5.75 Å². The summed E-state index contributed by atoms with van der Waals surface area (Å²) in [6, 6.07) is 15.7. The van der Waals surface area contributed by atoms with Crippen molar-refractivity contribution in [2.45, 2.75) is 65.0 Å². The third-order valence-corrected chi connectivity index (χ3v) is 6.01. The number of aryl methyl sites for hydroxylation is 1. The number of hydrogen-bond donors (Lipinski definition) is 0. The molecule has 1 unspecified atom stereocenters. The normalized spacial score (nSPS) is 16.9. The van der Waals surface area contributed by atoms with Crippen LogP contribution in [0.2, 0.25) is 0 Å². The highest BCUT2D eigenvalue weighted by atomic mass is 16.5. The Labute approximate surface area is 186 Å². The Kier molecular flexibility index (Phi) is 7.04. The molecule has 0 aromatic heterocycles. The molecule has 166 valence electrons. The number of hydrogen-bond acceptors (Lipinski definition) is 3. The zero-order chi connectivity index (χ0) is 22.6. The SMILES string of the molecule is CCN1C(=O)N(Cc2ccc(C(C)(C)C)cc2)C(=O)C1CCCc1ccc(OC)cc1. The first-order chi connectivity index (χ1) is 14.7. The Morgan fingerprint density at radius 2 is 1.55 bits per heavy atom. The van der Waals surface area contributed by atoms with Crippen LogP contribution >= 0.6 is 0 Å². The van der Waals surface area contributed by atoms with Gasteiger partial charge in [-0.05, 0) is 60.4 Å². The second-order valence-corrected chi connectivity index (χ2v) is 9.20. The lowest BCUT2D eigenvalue weighted by Gasteiger charge is -2.20. The Morgan fingerprint density at radius 1 is 0.935 bits per heavy atom. The molecule has 1 atom stereocenters. The molecule has 1 aliphatic rings. The van der Waals surface area contributed by atoms with Crippen molar-refractivity contribution in [1.82, 2.24) is 9.80 Å². The highest BCUT2D eigenvalue weighted by Gasteiger charge is 2.43. The summed E-state index contributed by atoms with van der Waals surface area (Å²) in [7, 11) is 1.65. The monoisotopic (exact) mass is 422 g/mol. The molecule has 1 heterocycles. The van der Waals surface area contributed by atoms with Crippen molar-refractivity contribution in [3.8, 4) is 5.75 Å². The highest BCUT2D eigenvalue weighted by Crippen LogP contribution is 2.26. The maximum atomic E-state index is 13.1. The van der Waals surface area contributed by atoms with Gasteiger partial charge in [0, 0.05) is 6.54 Å². The van der Waals surface area contributed by atoms with E-state index in [0.717, 1.165) is 24.2 Å². The average Bonchev–Trinajstić information content (AvgIpc) is 2.97. The molecule has 5 heteroatoms. The number of rotatable bonds is 8. The van der Waals surface area contributed by atoms with Crippen molar-refractivity contribution in [1.29, 1.82) is 0 Å². The van der Waals surface area contributed by atoms with Gasteiger partial charge in [-0.15, -0.1) is 0 Å².